The van der Waals surface area contributed by atoms with Crippen LogP contribution in [0.5, 0.6) is 0 Å². The molecule has 0 aliphatic rings. The minimum Gasteiger partial charge on any atom is -0.444 e. The number of aryl methyl sites for hydroxylation is 2. The van der Waals surface area contributed by atoms with Crippen molar-refractivity contribution in [2.24, 2.45) is 4.99 Å². The molecule has 0 fully saturated rings. The fourth-order valence-corrected chi connectivity index (χ4v) is 2.64. The van der Waals surface area contributed by atoms with Crippen molar-refractivity contribution >= 4 is 35.8 Å². The van der Waals surface area contributed by atoms with Gasteiger partial charge >= 0.3 is 0 Å². The number of amides is 1. The van der Waals surface area contributed by atoms with Crippen molar-refractivity contribution in [3.63, 3.8) is 0 Å². The molecule has 2 N–H and O–H groups in total. The lowest BCUT2D eigenvalue weighted by atomic mass is 10.1. The Bertz CT molecular complexity index is 763. The van der Waals surface area contributed by atoms with Gasteiger partial charge in [-0.1, -0.05) is 12.1 Å². The van der Waals surface area contributed by atoms with Crippen molar-refractivity contribution in [2.45, 2.75) is 40.8 Å². The first-order valence-electron chi connectivity index (χ1n) is 9.24. The lowest BCUT2D eigenvalue weighted by molar-refractivity contribution is 0.0773. The number of carbonyl (C=O) groups is 1. The zero-order valence-corrected chi connectivity index (χ0v) is 19.5. The van der Waals surface area contributed by atoms with E-state index in [0.29, 0.717) is 43.6 Å². The summed E-state index contributed by atoms with van der Waals surface area (Å²) >= 11 is 0. The molecule has 0 radical (unpaired) electrons. The first kappa shape index (κ1) is 23.9. The van der Waals surface area contributed by atoms with Gasteiger partial charge in [-0.05, 0) is 45.4 Å². The molecule has 0 atom stereocenters. The molecule has 0 saturated carbocycles. The minimum absolute atomic E-state index is 0. The van der Waals surface area contributed by atoms with Gasteiger partial charge in [0.25, 0.3) is 5.91 Å². The maximum absolute atomic E-state index is 12.3. The van der Waals surface area contributed by atoms with Crippen LogP contribution >= 0.6 is 24.0 Å². The van der Waals surface area contributed by atoms with Crippen LogP contribution in [0.15, 0.2) is 33.7 Å². The lowest BCUT2D eigenvalue weighted by Gasteiger charge is -2.18. The molecule has 1 aromatic heterocycles. The van der Waals surface area contributed by atoms with E-state index in [2.05, 4.69) is 20.6 Å². The number of carbonyl (C=O) groups excluding carboxylic acids is 1. The summed E-state index contributed by atoms with van der Waals surface area (Å²) in [7, 11) is 1.72. The monoisotopic (exact) mass is 499 g/mol. The number of benzene rings is 1. The van der Waals surface area contributed by atoms with E-state index in [0.717, 1.165) is 17.0 Å². The summed E-state index contributed by atoms with van der Waals surface area (Å²) in [5, 5.41) is 6.42. The van der Waals surface area contributed by atoms with E-state index in [1.54, 1.807) is 7.05 Å². The van der Waals surface area contributed by atoms with E-state index >= 15 is 0 Å². The average Bonchev–Trinajstić information content (AvgIpc) is 3.01. The van der Waals surface area contributed by atoms with Gasteiger partial charge in [0, 0.05) is 32.2 Å². The van der Waals surface area contributed by atoms with E-state index in [1.807, 2.05) is 56.9 Å². The van der Waals surface area contributed by atoms with Gasteiger partial charge in [0.15, 0.2) is 5.96 Å². The Hall–Kier alpha value is -2.10. The number of rotatable bonds is 7. The average molecular weight is 499 g/mol. The molecule has 0 aliphatic carbocycles. The molecule has 1 heterocycles. The molecule has 0 bridgehead atoms. The molecule has 0 aliphatic heterocycles. The number of aliphatic imine (C=N–C) groups is 1. The van der Waals surface area contributed by atoms with E-state index in [9.17, 15) is 4.79 Å². The molecule has 28 heavy (non-hydrogen) atoms. The van der Waals surface area contributed by atoms with Gasteiger partial charge in [-0.15, -0.1) is 24.0 Å². The molecule has 1 amide bonds. The van der Waals surface area contributed by atoms with Crippen LogP contribution in [0.3, 0.4) is 0 Å². The van der Waals surface area contributed by atoms with Crippen molar-refractivity contribution in [1.29, 1.82) is 0 Å². The molecule has 2 rings (SSSR count). The van der Waals surface area contributed by atoms with Gasteiger partial charge < -0.3 is 20.0 Å². The third-order valence-electron chi connectivity index (χ3n) is 4.41. The van der Waals surface area contributed by atoms with Crippen molar-refractivity contribution in [2.75, 3.05) is 20.1 Å². The number of aromatic nitrogens is 1. The van der Waals surface area contributed by atoms with Gasteiger partial charge in [-0.2, -0.15) is 0 Å². The van der Waals surface area contributed by atoms with Crippen LogP contribution in [0.2, 0.25) is 0 Å². The van der Waals surface area contributed by atoms with Crippen LogP contribution < -0.4 is 10.6 Å². The van der Waals surface area contributed by atoms with Gasteiger partial charge in [-0.25, -0.2) is 4.98 Å². The molecular weight excluding hydrogens is 469 g/mol. The first-order chi connectivity index (χ1) is 13.0. The quantitative estimate of drug-likeness (QED) is 0.347. The molecule has 0 saturated heterocycles. The van der Waals surface area contributed by atoms with E-state index in [-0.39, 0.29) is 29.9 Å². The van der Waals surface area contributed by atoms with Gasteiger partial charge in [-0.3, -0.25) is 9.79 Å². The van der Waals surface area contributed by atoms with Crippen molar-refractivity contribution < 1.29 is 9.21 Å². The molecule has 8 heteroatoms. The summed E-state index contributed by atoms with van der Waals surface area (Å²) in [5.74, 6) is 2.18. The highest BCUT2D eigenvalue weighted by Gasteiger charge is 2.12. The second-order valence-electron chi connectivity index (χ2n) is 6.20. The number of oxazole rings is 1. The van der Waals surface area contributed by atoms with Crippen LogP contribution in [-0.2, 0) is 13.1 Å². The third-order valence-corrected chi connectivity index (χ3v) is 4.41. The topological polar surface area (TPSA) is 82.8 Å². The predicted octanol–water partition coefficient (Wildman–Crippen LogP) is 3.26. The SMILES string of the molecule is CCN(CC)C(=O)c1ccc(CNC(=NC)NCc2nc(C)c(C)o2)cc1.I. The summed E-state index contributed by atoms with van der Waals surface area (Å²) in [6.07, 6.45) is 0. The third kappa shape index (κ3) is 6.50. The second-order valence-corrected chi connectivity index (χ2v) is 6.20. The summed E-state index contributed by atoms with van der Waals surface area (Å²) in [6, 6.07) is 7.65. The fourth-order valence-electron chi connectivity index (χ4n) is 2.64. The Morgan fingerprint density at radius 1 is 1.11 bits per heavy atom. The standard InChI is InChI=1S/C20H29N5O2.HI/c1-6-25(7-2)19(26)17-10-8-16(9-11-17)12-22-20(21-5)23-13-18-24-14(3)15(4)27-18;/h8-11H,6-7,12-13H2,1-5H3,(H2,21,22,23);1H. The highest BCUT2D eigenvalue weighted by molar-refractivity contribution is 14.0. The predicted molar refractivity (Wildman–Crippen MR) is 122 cm³/mol. The number of guanidine groups is 1. The maximum atomic E-state index is 12.3. The smallest absolute Gasteiger partial charge is 0.253 e. The van der Waals surface area contributed by atoms with Gasteiger partial charge in [0.05, 0.1) is 12.2 Å². The largest absolute Gasteiger partial charge is 0.444 e. The summed E-state index contributed by atoms with van der Waals surface area (Å²) < 4.78 is 5.55. The second kappa shape index (κ2) is 11.7. The van der Waals surface area contributed by atoms with Gasteiger partial charge in [0.1, 0.15) is 5.76 Å². The number of hydrogen-bond donors (Lipinski definition) is 2. The van der Waals surface area contributed by atoms with E-state index in [4.69, 9.17) is 4.42 Å². The zero-order valence-electron chi connectivity index (χ0n) is 17.2. The number of nitrogens with one attached hydrogen (secondary N) is 2. The molecular formula is C20H30IN5O2. The Morgan fingerprint density at radius 2 is 1.71 bits per heavy atom. The number of hydrogen-bond acceptors (Lipinski definition) is 4. The molecule has 154 valence electrons. The highest BCUT2D eigenvalue weighted by Crippen LogP contribution is 2.09. The normalized spacial score (nSPS) is 11.0. The fraction of sp³-hybridized carbons (Fsp3) is 0.450. The Labute approximate surface area is 184 Å². The Kier molecular flexibility index (Phi) is 9.98. The molecule has 7 nitrogen and oxygen atoms in total. The van der Waals surface area contributed by atoms with Crippen LogP contribution in [0.1, 0.15) is 47.1 Å². The Morgan fingerprint density at radius 3 is 2.21 bits per heavy atom. The van der Waals surface area contributed by atoms with Gasteiger partial charge in [0.2, 0.25) is 5.89 Å². The van der Waals surface area contributed by atoms with Crippen LogP contribution in [0.25, 0.3) is 0 Å². The van der Waals surface area contributed by atoms with Crippen molar-refractivity contribution in [3.8, 4) is 0 Å². The zero-order chi connectivity index (χ0) is 19.8. The molecule has 1 aromatic carbocycles. The van der Waals surface area contributed by atoms with Crippen LogP contribution in [0, 0.1) is 13.8 Å². The number of nitrogens with zero attached hydrogens (tertiary/aromatic N) is 3. The number of halogens is 1. The summed E-state index contributed by atoms with van der Waals surface area (Å²) in [5.41, 5.74) is 2.67. The summed E-state index contributed by atoms with van der Waals surface area (Å²) in [4.78, 5) is 22.7. The molecule has 0 unspecified atom stereocenters. The van der Waals surface area contributed by atoms with Crippen molar-refractivity contribution in [1.82, 2.24) is 20.5 Å². The van der Waals surface area contributed by atoms with Crippen LogP contribution in [0.4, 0.5) is 0 Å². The maximum Gasteiger partial charge on any atom is 0.253 e. The minimum atomic E-state index is 0. The summed E-state index contributed by atoms with van der Waals surface area (Å²) in [6.45, 7) is 10.3. The molecule has 0 spiro atoms. The van der Waals surface area contributed by atoms with Crippen LogP contribution in [-0.4, -0.2) is 41.9 Å². The molecule has 2 aromatic rings. The first-order valence-corrected chi connectivity index (χ1v) is 9.24. The lowest BCUT2D eigenvalue weighted by Crippen LogP contribution is -2.36. The van der Waals surface area contributed by atoms with E-state index < -0.39 is 0 Å². The van der Waals surface area contributed by atoms with E-state index in [1.165, 1.54) is 0 Å². The Balaban J connectivity index is 0.00000392. The van der Waals surface area contributed by atoms with Crippen molar-refractivity contribution in [3.05, 3.63) is 52.7 Å². The highest BCUT2D eigenvalue weighted by atomic mass is 127.